The maximum atomic E-state index is 10.9. The average molecular weight is 152 g/mol. The molecule has 1 saturated heterocycles. The minimum absolute atomic E-state index is 0.0177. The Morgan fingerprint density at radius 3 is 3.18 bits per heavy atom. The summed E-state index contributed by atoms with van der Waals surface area (Å²) in [5, 5.41) is 5.79. The van der Waals surface area contributed by atoms with Crippen molar-refractivity contribution in [1.82, 2.24) is 10.6 Å². The normalized spacial score (nSPS) is 22.3. The van der Waals surface area contributed by atoms with Crippen LogP contribution < -0.4 is 10.6 Å². The van der Waals surface area contributed by atoms with Gasteiger partial charge in [0.2, 0.25) is 5.91 Å². The van der Waals surface area contributed by atoms with Crippen LogP contribution in [0.25, 0.3) is 0 Å². The van der Waals surface area contributed by atoms with Gasteiger partial charge in [-0.15, -0.1) is 5.92 Å². The lowest BCUT2D eigenvalue weighted by Crippen LogP contribution is -2.36. The third-order valence-electron chi connectivity index (χ3n) is 1.66. The van der Waals surface area contributed by atoms with Gasteiger partial charge < -0.3 is 5.32 Å². The van der Waals surface area contributed by atoms with E-state index in [0.717, 1.165) is 13.0 Å². The zero-order valence-corrected chi connectivity index (χ0v) is 6.61. The van der Waals surface area contributed by atoms with Crippen molar-refractivity contribution in [3.63, 3.8) is 0 Å². The summed E-state index contributed by atoms with van der Waals surface area (Å²) >= 11 is 0. The second-order valence-electron chi connectivity index (χ2n) is 2.44. The molecule has 3 heteroatoms. The highest BCUT2D eigenvalue weighted by Gasteiger charge is 2.22. The van der Waals surface area contributed by atoms with Gasteiger partial charge in [-0.1, -0.05) is 5.92 Å². The first-order chi connectivity index (χ1) is 5.34. The van der Waals surface area contributed by atoms with Crippen LogP contribution in [0.5, 0.6) is 0 Å². The van der Waals surface area contributed by atoms with Crippen molar-refractivity contribution >= 4 is 5.91 Å². The van der Waals surface area contributed by atoms with Gasteiger partial charge in [-0.25, -0.2) is 0 Å². The zero-order chi connectivity index (χ0) is 8.10. The van der Waals surface area contributed by atoms with Crippen molar-refractivity contribution in [2.75, 3.05) is 13.1 Å². The average Bonchev–Trinajstić information content (AvgIpc) is 2.37. The number of hydrogen-bond donors (Lipinski definition) is 2. The molecule has 1 rings (SSSR count). The summed E-state index contributed by atoms with van der Waals surface area (Å²) in [6, 6.07) is -0.0177. The lowest BCUT2D eigenvalue weighted by molar-refractivity contribution is -0.120. The van der Waals surface area contributed by atoms with Gasteiger partial charge in [-0.2, -0.15) is 0 Å². The number of carbonyl (C=O) groups excluding carboxylic acids is 1. The largest absolute Gasteiger partial charge is 0.355 e. The molecule has 0 aromatic heterocycles. The first-order valence-corrected chi connectivity index (χ1v) is 3.75. The van der Waals surface area contributed by atoms with Gasteiger partial charge in [0.05, 0.1) is 12.6 Å². The van der Waals surface area contributed by atoms with E-state index in [1.54, 1.807) is 6.92 Å². The summed E-state index contributed by atoms with van der Waals surface area (Å²) in [6.45, 7) is 3.18. The van der Waals surface area contributed by atoms with Crippen LogP contribution in [0.2, 0.25) is 0 Å². The third kappa shape index (κ3) is 2.24. The Labute approximate surface area is 66.5 Å². The van der Waals surface area contributed by atoms with Crippen molar-refractivity contribution in [1.29, 1.82) is 0 Å². The fourth-order valence-corrected chi connectivity index (χ4v) is 1.05. The molecule has 2 N–H and O–H groups in total. The lowest BCUT2D eigenvalue weighted by Gasteiger charge is -2.04. The van der Waals surface area contributed by atoms with Crippen molar-refractivity contribution < 1.29 is 4.79 Å². The Balaban J connectivity index is 2.24. The number of rotatable bonds is 2. The molecule has 1 aliphatic heterocycles. The van der Waals surface area contributed by atoms with Crippen molar-refractivity contribution in [3.05, 3.63) is 0 Å². The molecule has 0 bridgehead atoms. The standard InChI is InChI=1S/C8H12N2O/c1-2-3-5-9-7-4-6-10-8(7)11/h7,9H,4-6H2,1H3,(H,10,11). The van der Waals surface area contributed by atoms with Crippen LogP contribution in [-0.4, -0.2) is 25.0 Å². The first-order valence-electron chi connectivity index (χ1n) is 3.75. The van der Waals surface area contributed by atoms with E-state index in [-0.39, 0.29) is 11.9 Å². The van der Waals surface area contributed by atoms with E-state index in [4.69, 9.17) is 0 Å². The van der Waals surface area contributed by atoms with Gasteiger partial charge in [-0.3, -0.25) is 10.1 Å². The van der Waals surface area contributed by atoms with E-state index >= 15 is 0 Å². The van der Waals surface area contributed by atoms with Crippen molar-refractivity contribution in [2.24, 2.45) is 0 Å². The molecule has 1 unspecified atom stereocenters. The molecule has 3 nitrogen and oxygen atoms in total. The van der Waals surface area contributed by atoms with E-state index in [2.05, 4.69) is 22.5 Å². The fourth-order valence-electron chi connectivity index (χ4n) is 1.05. The fraction of sp³-hybridized carbons (Fsp3) is 0.625. The van der Waals surface area contributed by atoms with Crippen LogP contribution in [0.4, 0.5) is 0 Å². The van der Waals surface area contributed by atoms with E-state index in [9.17, 15) is 4.79 Å². The second kappa shape index (κ2) is 3.99. The van der Waals surface area contributed by atoms with Gasteiger partial charge in [0.25, 0.3) is 0 Å². The van der Waals surface area contributed by atoms with Crippen molar-refractivity contribution in [3.8, 4) is 11.8 Å². The number of hydrogen-bond acceptors (Lipinski definition) is 2. The van der Waals surface area contributed by atoms with Crippen LogP contribution in [-0.2, 0) is 4.79 Å². The van der Waals surface area contributed by atoms with E-state index < -0.39 is 0 Å². The van der Waals surface area contributed by atoms with Crippen LogP contribution in [0.3, 0.4) is 0 Å². The molecule has 0 saturated carbocycles. The highest BCUT2D eigenvalue weighted by Crippen LogP contribution is 1.97. The van der Waals surface area contributed by atoms with E-state index in [0.29, 0.717) is 6.54 Å². The minimum atomic E-state index is -0.0177. The molecule has 1 heterocycles. The number of amides is 1. The van der Waals surface area contributed by atoms with Crippen LogP contribution in [0, 0.1) is 11.8 Å². The maximum Gasteiger partial charge on any atom is 0.237 e. The molecule has 0 spiro atoms. The maximum absolute atomic E-state index is 10.9. The Morgan fingerprint density at radius 2 is 2.64 bits per heavy atom. The molecule has 0 aliphatic carbocycles. The predicted molar refractivity (Wildman–Crippen MR) is 42.9 cm³/mol. The summed E-state index contributed by atoms with van der Waals surface area (Å²) in [5.74, 6) is 5.72. The molecule has 1 amide bonds. The molecule has 0 aromatic carbocycles. The van der Waals surface area contributed by atoms with Gasteiger partial charge in [0.15, 0.2) is 0 Å². The smallest absolute Gasteiger partial charge is 0.237 e. The summed E-state index contributed by atoms with van der Waals surface area (Å²) in [7, 11) is 0. The topological polar surface area (TPSA) is 41.1 Å². The molecule has 1 aliphatic rings. The van der Waals surface area contributed by atoms with Crippen LogP contribution in [0.1, 0.15) is 13.3 Å². The van der Waals surface area contributed by atoms with E-state index in [1.807, 2.05) is 0 Å². The molecule has 11 heavy (non-hydrogen) atoms. The molecule has 0 aromatic rings. The van der Waals surface area contributed by atoms with Crippen LogP contribution in [0.15, 0.2) is 0 Å². The van der Waals surface area contributed by atoms with Gasteiger partial charge in [0, 0.05) is 6.54 Å². The summed E-state index contributed by atoms with van der Waals surface area (Å²) in [6.07, 6.45) is 0.879. The number of carbonyl (C=O) groups is 1. The molecule has 1 fully saturated rings. The quantitative estimate of drug-likeness (QED) is 0.523. The van der Waals surface area contributed by atoms with Gasteiger partial charge in [0.1, 0.15) is 0 Å². The summed E-state index contributed by atoms with van der Waals surface area (Å²) < 4.78 is 0. The van der Waals surface area contributed by atoms with E-state index in [1.165, 1.54) is 0 Å². The monoisotopic (exact) mass is 152 g/mol. The van der Waals surface area contributed by atoms with Crippen LogP contribution >= 0.6 is 0 Å². The number of nitrogens with one attached hydrogen (secondary N) is 2. The SMILES string of the molecule is CC#CCNC1CCNC1=O. The van der Waals surface area contributed by atoms with Gasteiger partial charge >= 0.3 is 0 Å². The lowest BCUT2D eigenvalue weighted by atomic mass is 10.2. The molecular formula is C8H12N2O. The van der Waals surface area contributed by atoms with Crippen molar-refractivity contribution in [2.45, 2.75) is 19.4 Å². The summed E-state index contributed by atoms with van der Waals surface area (Å²) in [4.78, 5) is 10.9. The third-order valence-corrected chi connectivity index (χ3v) is 1.66. The highest BCUT2D eigenvalue weighted by molar-refractivity contribution is 5.83. The Morgan fingerprint density at radius 1 is 1.82 bits per heavy atom. The highest BCUT2D eigenvalue weighted by atomic mass is 16.2. The Hall–Kier alpha value is -1.01. The zero-order valence-electron chi connectivity index (χ0n) is 6.61. The predicted octanol–water partition coefficient (Wildman–Crippen LogP) is -0.512. The molecule has 60 valence electrons. The summed E-state index contributed by atoms with van der Waals surface area (Å²) in [5.41, 5.74) is 0. The molecular weight excluding hydrogens is 140 g/mol. The Kier molecular flexibility index (Phi) is 2.94. The van der Waals surface area contributed by atoms with Gasteiger partial charge in [-0.05, 0) is 13.3 Å². The molecule has 1 atom stereocenters. The molecule has 0 radical (unpaired) electrons. The minimum Gasteiger partial charge on any atom is -0.355 e. The Bertz CT molecular complexity index is 202. The second-order valence-corrected chi connectivity index (χ2v) is 2.44. The first kappa shape index (κ1) is 8.09.